The number of anilines is 2. The standard InChI is InChI=1S/C22H29N7O/c1-15-13-29(14-16(2)30-15)22-25-10-9-21(27-22)26-20(24)11-18(12-23)17-5-7-19(8-6-17)28(3)4/h5-12,15-16,23H,13-14H2,1-4H3,(H2,24,25,26,27)/b18-11+,23-12?/t15-,16+. The van der Waals surface area contributed by atoms with Crippen LogP contribution in [-0.2, 0) is 4.74 Å². The van der Waals surface area contributed by atoms with Gasteiger partial charge in [0.15, 0.2) is 5.82 Å². The van der Waals surface area contributed by atoms with Crippen molar-refractivity contribution in [3.05, 3.63) is 48.2 Å². The van der Waals surface area contributed by atoms with Crippen LogP contribution < -0.4 is 15.5 Å². The first-order chi connectivity index (χ1) is 14.4. The van der Waals surface area contributed by atoms with Crippen LogP contribution in [0.25, 0.3) is 5.57 Å². The van der Waals surface area contributed by atoms with Gasteiger partial charge in [0, 0.05) is 56.9 Å². The Labute approximate surface area is 177 Å². The number of hydrogen-bond acceptors (Lipinski definition) is 7. The molecule has 30 heavy (non-hydrogen) atoms. The molecule has 0 amide bonds. The van der Waals surface area contributed by atoms with Gasteiger partial charge in [0.25, 0.3) is 0 Å². The van der Waals surface area contributed by atoms with Crippen LogP contribution in [0.5, 0.6) is 0 Å². The maximum absolute atomic E-state index is 7.76. The summed E-state index contributed by atoms with van der Waals surface area (Å²) in [6.45, 7) is 5.54. The number of benzene rings is 1. The number of nitrogens with one attached hydrogen (secondary N) is 1. The van der Waals surface area contributed by atoms with E-state index < -0.39 is 0 Å². The van der Waals surface area contributed by atoms with E-state index in [1.807, 2.05) is 57.1 Å². The van der Waals surface area contributed by atoms with Crippen molar-refractivity contribution in [2.45, 2.75) is 26.1 Å². The Morgan fingerprint density at radius 2 is 1.87 bits per heavy atom. The molecule has 1 fully saturated rings. The Bertz CT molecular complexity index is 927. The first-order valence-corrected chi connectivity index (χ1v) is 9.93. The molecular weight excluding hydrogens is 378 g/mol. The molecule has 1 aliphatic heterocycles. The lowest BCUT2D eigenvalue weighted by atomic mass is 10.1. The van der Waals surface area contributed by atoms with Crippen LogP contribution in [0.1, 0.15) is 19.4 Å². The van der Waals surface area contributed by atoms with E-state index in [1.54, 1.807) is 18.3 Å². The van der Waals surface area contributed by atoms with Crippen molar-refractivity contribution < 1.29 is 4.74 Å². The van der Waals surface area contributed by atoms with E-state index in [1.165, 1.54) is 6.21 Å². The minimum atomic E-state index is 0.117. The van der Waals surface area contributed by atoms with Gasteiger partial charge in [-0.15, -0.1) is 0 Å². The molecule has 8 nitrogen and oxygen atoms in total. The van der Waals surface area contributed by atoms with E-state index in [0.717, 1.165) is 24.3 Å². The summed E-state index contributed by atoms with van der Waals surface area (Å²) in [5.41, 5.74) is 8.80. The molecule has 2 aromatic rings. The van der Waals surface area contributed by atoms with E-state index in [2.05, 4.69) is 19.9 Å². The molecule has 1 aromatic carbocycles. The highest BCUT2D eigenvalue weighted by atomic mass is 16.5. The van der Waals surface area contributed by atoms with Crippen LogP contribution in [-0.4, -0.2) is 61.4 Å². The van der Waals surface area contributed by atoms with Crippen LogP contribution in [0, 0.1) is 5.41 Å². The Morgan fingerprint density at radius 1 is 1.20 bits per heavy atom. The van der Waals surface area contributed by atoms with Crippen LogP contribution in [0.3, 0.4) is 0 Å². The fourth-order valence-electron chi connectivity index (χ4n) is 3.38. The molecule has 2 heterocycles. The van der Waals surface area contributed by atoms with Gasteiger partial charge >= 0.3 is 0 Å². The predicted octanol–water partition coefficient (Wildman–Crippen LogP) is 2.88. The van der Waals surface area contributed by atoms with Gasteiger partial charge in [-0.25, -0.2) is 9.98 Å². The fraction of sp³-hybridized carbons (Fsp3) is 0.364. The molecule has 8 heteroatoms. The molecule has 0 saturated carbocycles. The van der Waals surface area contributed by atoms with Gasteiger partial charge in [-0.2, -0.15) is 4.98 Å². The summed E-state index contributed by atoms with van der Waals surface area (Å²) in [6.07, 6.45) is 4.87. The first kappa shape index (κ1) is 21.4. The van der Waals surface area contributed by atoms with Gasteiger partial charge in [0.1, 0.15) is 5.84 Å². The summed E-state index contributed by atoms with van der Waals surface area (Å²) in [5, 5.41) is 7.76. The molecule has 3 N–H and O–H groups in total. The smallest absolute Gasteiger partial charge is 0.227 e. The average molecular weight is 408 g/mol. The molecular formula is C22H29N7O. The minimum absolute atomic E-state index is 0.117. The fourth-order valence-corrected chi connectivity index (χ4v) is 3.38. The molecule has 158 valence electrons. The number of morpholine rings is 1. The maximum Gasteiger partial charge on any atom is 0.227 e. The number of nitrogens with two attached hydrogens (primary N) is 1. The molecule has 1 aliphatic rings. The average Bonchev–Trinajstić information content (AvgIpc) is 2.71. The summed E-state index contributed by atoms with van der Waals surface area (Å²) in [5.74, 6) is 1.37. The van der Waals surface area contributed by atoms with Crippen LogP contribution in [0.15, 0.2) is 47.6 Å². The molecule has 3 rings (SSSR count). The molecule has 0 spiro atoms. The topological polar surface area (TPSA) is 104 Å². The second-order valence-corrected chi connectivity index (χ2v) is 7.60. The second-order valence-electron chi connectivity index (χ2n) is 7.60. The maximum atomic E-state index is 7.76. The summed E-state index contributed by atoms with van der Waals surface area (Å²) >= 11 is 0. The summed E-state index contributed by atoms with van der Waals surface area (Å²) in [4.78, 5) is 17.5. The van der Waals surface area contributed by atoms with Crippen molar-refractivity contribution in [2.75, 3.05) is 37.0 Å². The van der Waals surface area contributed by atoms with E-state index in [-0.39, 0.29) is 18.0 Å². The van der Waals surface area contributed by atoms with E-state index >= 15 is 0 Å². The number of hydrogen-bond donors (Lipinski definition) is 2. The Morgan fingerprint density at radius 3 is 2.47 bits per heavy atom. The lowest BCUT2D eigenvalue weighted by molar-refractivity contribution is -0.00571. The SMILES string of the molecule is C[C@@H]1CN(c2nccc(N=C(N)/C=C(\C=N)c3ccc(N(C)C)cc3)n2)C[C@H](C)O1. The van der Waals surface area contributed by atoms with Crippen LogP contribution >= 0.6 is 0 Å². The molecule has 0 aliphatic carbocycles. The molecule has 1 saturated heterocycles. The van der Waals surface area contributed by atoms with Gasteiger partial charge in [-0.05, 0) is 37.6 Å². The number of aromatic nitrogens is 2. The summed E-state index contributed by atoms with van der Waals surface area (Å²) in [6, 6.07) is 9.64. The zero-order chi connectivity index (χ0) is 21.7. The third kappa shape index (κ3) is 5.42. The van der Waals surface area contributed by atoms with Crippen LogP contribution in [0.4, 0.5) is 17.5 Å². The van der Waals surface area contributed by atoms with Crippen molar-refractivity contribution in [3.8, 4) is 0 Å². The molecule has 0 bridgehead atoms. The Balaban J connectivity index is 1.81. The number of nitrogens with zero attached hydrogens (tertiary/aromatic N) is 5. The highest BCUT2D eigenvalue weighted by Crippen LogP contribution is 2.20. The monoisotopic (exact) mass is 407 g/mol. The highest BCUT2D eigenvalue weighted by Gasteiger charge is 2.24. The Hall–Kier alpha value is -3.26. The lowest BCUT2D eigenvalue weighted by Gasteiger charge is -2.35. The molecule has 1 aromatic heterocycles. The first-order valence-electron chi connectivity index (χ1n) is 9.93. The molecule has 0 radical (unpaired) electrons. The van der Waals surface area contributed by atoms with Crippen molar-refractivity contribution in [1.82, 2.24) is 9.97 Å². The van der Waals surface area contributed by atoms with Gasteiger partial charge in [0.05, 0.1) is 12.2 Å². The van der Waals surface area contributed by atoms with Crippen molar-refractivity contribution >= 4 is 35.1 Å². The predicted molar refractivity (Wildman–Crippen MR) is 123 cm³/mol. The zero-order valence-electron chi connectivity index (χ0n) is 17.9. The van der Waals surface area contributed by atoms with E-state index in [9.17, 15) is 0 Å². The minimum Gasteiger partial charge on any atom is -0.384 e. The van der Waals surface area contributed by atoms with E-state index in [4.69, 9.17) is 15.9 Å². The van der Waals surface area contributed by atoms with E-state index in [0.29, 0.717) is 17.3 Å². The van der Waals surface area contributed by atoms with Gasteiger partial charge in [0.2, 0.25) is 5.95 Å². The van der Waals surface area contributed by atoms with Crippen molar-refractivity contribution in [2.24, 2.45) is 10.7 Å². The lowest BCUT2D eigenvalue weighted by Crippen LogP contribution is -2.46. The van der Waals surface area contributed by atoms with Crippen molar-refractivity contribution in [1.29, 1.82) is 5.41 Å². The quantitative estimate of drug-likeness (QED) is 0.564. The number of amidine groups is 1. The number of ether oxygens (including phenoxy) is 1. The molecule has 2 atom stereocenters. The van der Waals surface area contributed by atoms with Gasteiger partial charge in [-0.3, -0.25) is 0 Å². The van der Waals surface area contributed by atoms with Gasteiger partial charge in [-0.1, -0.05) is 12.1 Å². The summed E-state index contributed by atoms with van der Waals surface area (Å²) < 4.78 is 5.77. The number of allylic oxidation sites excluding steroid dienone is 1. The number of aliphatic imine (C=N–C) groups is 1. The highest BCUT2D eigenvalue weighted by molar-refractivity contribution is 6.16. The molecule has 0 unspecified atom stereocenters. The third-order valence-electron chi connectivity index (χ3n) is 4.75. The van der Waals surface area contributed by atoms with Gasteiger partial charge < -0.3 is 25.7 Å². The van der Waals surface area contributed by atoms with Crippen molar-refractivity contribution in [3.63, 3.8) is 0 Å². The van der Waals surface area contributed by atoms with Crippen LogP contribution in [0.2, 0.25) is 0 Å². The zero-order valence-corrected chi connectivity index (χ0v) is 17.9. The number of rotatable bonds is 6. The second kappa shape index (κ2) is 9.49. The normalized spacial score (nSPS) is 20.2. The third-order valence-corrected chi connectivity index (χ3v) is 4.75. The largest absolute Gasteiger partial charge is 0.384 e. The Kier molecular flexibility index (Phi) is 6.79. The summed E-state index contributed by atoms with van der Waals surface area (Å²) in [7, 11) is 3.97.